The topological polar surface area (TPSA) is 75.1 Å². The average Bonchev–Trinajstić information content (AvgIpc) is 2.46. The van der Waals surface area contributed by atoms with E-state index in [0.29, 0.717) is 12.2 Å². The molecular formula is C14H15N3O2. The molecule has 0 aliphatic heterocycles. The summed E-state index contributed by atoms with van der Waals surface area (Å²) in [5.74, 6) is 0.0542. The van der Waals surface area contributed by atoms with Crippen molar-refractivity contribution in [2.45, 2.75) is 12.8 Å². The minimum atomic E-state index is -0.209. The largest absolute Gasteiger partial charge is 0.508 e. The van der Waals surface area contributed by atoms with Crippen LogP contribution in [0.5, 0.6) is 5.75 Å². The highest BCUT2D eigenvalue weighted by atomic mass is 16.3. The molecule has 0 aliphatic rings. The summed E-state index contributed by atoms with van der Waals surface area (Å²) in [5, 5.41) is 11.9. The maximum atomic E-state index is 11.7. The normalized spacial score (nSPS) is 10.1. The number of phenolic OH excluding ortho intramolecular Hbond substituents is 1. The molecule has 5 nitrogen and oxygen atoms in total. The lowest BCUT2D eigenvalue weighted by molar-refractivity contribution is 0.0948. The van der Waals surface area contributed by atoms with Crippen molar-refractivity contribution in [3.05, 3.63) is 54.1 Å². The number of carbonyl (C=O) groups is 1. The van der Waals surface area contributed by atoms with Crippen LogP contribution in [-0.2, 0) is 6.42 Å². The molecule has 0 saturated heterocycles. The molecule has 1 aromatic carbocycles. The number of nitrogens with zero attached hydrogens (tertiary/aromatic N) is 2. The average molecular weight is 257 g/mol. The molecule has 0 atom stereocenters. The lowest BCUT2D eigenvalue weighted by Gasteiger charge is -2.04. The quantitative estimate of drug-likeness (QED) is 0.797. The minimum Gasteiger partial charge on any atom is -0.508 e. The number of nitrogens with one attached hydrogen (secondary N) is 1. The van der Waals surface area contributed by atoms with Crippen LogP contribution in [0.15, 0.2) is 42.9 Å². The number of carbonyl (C=O) groups excluding carboxylic acids is 1. The van der Waals surface area contributed by atoms with E-state index in [1.165, 1.54) is 18.6 Å². The Morgan fingerprint density at radius 2 is 2.00 bits per heavy atom. The molecule has 1 amide bonds. The lowest BCUT2D eigenvalue weighted by atomic mass is 10.1. The van der Waals surface area contributed by atoms with E-state index in [1.807, 2.05) is 12.1 Å². The fourth-order valence-electron chi connectivity index (χ4n) is 1.66. The highest BCUT2D eigenvalue weighted by molar-refractivity contribution is 5.91. The Bertz CT molecular complexity index is 526. The van der Waals surface area contributed by atoms with Gasteiger partial charge in [0, 0.05) is 18.9 Å². The Kier molecular flexibility index (Phi) is 4.44. The Morgan fingerprint density at radius 3 is 2.68 bits per heavy atom. The van der Waals surface area contributed by atoms with Crippen LogP contribution in [0.2, 0.25) is 0 Å². The van der Waals surface area contributed by atoms with Crippen LogP contribution in [0, 0.1) is 0 Å². The summed E-state index contributed by atoms with van der Waals surface area (Å²) < 4.78 is 0. The van der Waals surface area contributed by atoms with Crippen molar-refractivity contribution in [2.24, 2.45) is 0 Å². The molecule has 0 radical (unpaired) electrons. The molecule has 19 heavy (non-hydrogen) atoms. The second kappa shape index (κ2) is 6.49. The molecule has 0 aliphatic carbocycles. The fourth-order valence-corrected chi connectivity index (χ4v) is 1.66. The third-order valence-electron chi connectivity index (χ3n) is 2.66. The number of aromatic nitrogens is 2. The summed E-state index contributed by atoms with van der Waals surface area (Å²) in [6.07, 6.45) is 6.14. The molecule has 0 spiro atoms. The van der Waals surface area contributed by atoms with Gasteiger partial charge < -0.3 is 10.4 Å². The number of amides is 1. The van der Waals surface area contributed by atoms with Crippen molar-refractivity contribution >= 4 is 5.91 Å². The Balaban J connectivity index is 1.72. The number of rotatable bonds is 5. The summed E-state index contributed by atoms with van der Waals surface area (Å²) in [6, 6.07) is 7.07. The Morgan fingerprint density at radius 1 is 1.21 bits per heavy atom. The smallest absolute Gasteiger partial charge is 0.271 e. The predicted molar refractivity (Wildman–Crippen MR) is 70.8 cm³/mol. The summed E-state index contributed by atoms with van der Waals surface area (Å²) >= 11 is 0. The van der Waals surface area contributed by atoms with Gasteiger partial charge in [-0.1, -0.05) is 12.1 Å². The highest BCUT2D eigenvalue weighted by Crippen LogP contribution is 2.10. The zero-order valence-electron chi connectivity index (χ0n) is 10.4. The van der Waals surface area contributed by atoms with Gasteiger partial charge >= 0.3 is 0 Å². The number of hydrogen-bond donors (Lipinski definition) is 2. The van der Waals surface area contributed by atoms with Crippen molar-refractivity contribution < 1.29 is 9.90 Å². The molecule has 1 aromatic heterocycles. The van der Waals surface area contributed by atoms with Gasteiger partial charge in [-0.15, -0.1) is 0 Å². The van der Waals surface area contributed by atoms with E-state index in [1.54, 1.807) is 12.1 Å². The first kappa shape index (κ1) is 13.0. The molecule has 2 rings (SSSR count). The summed E-state index contributed by atoms with van der Waals surface area (Å²) in [7, 11) is 0. The van der Waals surface area contributed by atoms with Gasteiger partial charge in [-0.05, 0) is 30.5 Å². The van der Waals surface area contributed by atoms with Crippen LogP contribution in [0.1, 0.15) is 22.5 Å². The molecular weight excluding hydrogens is 242 g/mol. The molecule has 5 heteroatoms. The maximum absolute atomic E-state index is 11.7. The van der Waals surface area contributed by atoms with E-state index in [2.05, 4.69) is 15.3 Å². The van der Waals surface area contributed by atoms with E-state index in [9.17, 15) is 4.79 Å². The molecule has 2 aromatic rings. The van der Waals surface area contributed by atoms with Crippen LogP contribution in [0.25, 0.3) is 0 Å². The van der Waals surface area contributed by atoms with Crippen molar-refractivity contribution in [3.8, 4) is 5.75 Å². The second-order valence-corrected chi connectivity index (χ2v) is 4.12. The molecule has 98 valence electrons. The van der Waals surface area contributed by atoms with Crippen LogP contribution in [-0.4, -0.2) is 27.5 Å². The number of aryl methyl sites for hydroxylation is 1. The first-order valence-electron chi connectivity index (χ1n) is 6.08. The standard InChI is InChI=1S/C14H15N3O2/c18-12-5-3-11(4-6-12)2-1-7-17-14(19)13-10-15-8-9-16-13/h3-6,8-10,18H,1-2,7H2,(H,17,19). The monoisotopic (exact) mass is 257 g/mol. The molecule has 0 fully saturated rings. The lowest BCUT2D eigenvalue weighted by Crippen LogP contribution is -2.25. The van der Waals surface area contributed by atoms with Crippen molar-refractivity contribution in [1.82, 2.24) is 15.3 Å². The van der Waals surface area contributed by atoms with Gasteiger partial charge in [0.25, 0.3) is 5.91 Å². The Labute approximate surface area is 111 Å². The van der Waals surface area contributed by atoms with Gasteiger partial charge in [-0.25, -0.2) is 4.98 Å². The third kappa shape index (κ3) is 4.06. The summed E-state index contributed by atoms with van der Waals surface area (Å²) in [6.45, 7) is 0.580. The third-order valence-corrected chi connectivity index (χ3v) is 2.66. The van der Waals surface area contributed by atoms with Crippen molar-refractivity contribution in [1.29, 1.82) is 0 Å². The molecule has 0 unspecified atom stereocenters. The van der Waals surface area contributed by atoms with Crippen molar-refractivity contribution in [3.63, 3.8) is 0 Å². The first-order valence-corrected chi connectivity index (χ1v) is 6.08. The predicted octanol–water partition coefficient (Wildman–Crippen LogP) is 1.54. The number of phenols is 1. The van der Waals surface area contributed by atoms with E-state index < -0.39 is 0 Å². The van der Waals surface area contributed by atoms with E-state index in [4.69, 9.17) is 5.11 Å². The summed E-state index contributed by atoms with van der Waals surface area (Å²) in [5.41, 5.74) is 1.46. The van der Waals surface area contributed by atoms with Gasteiger partial charge in [0.1, 0.15) is 11.4 Å². The highest BCUT2D eigenvalue weighted by Gasteiger charge is 2.05. The van der Waals surface area contributed by atoms with Gasteiger partial charge in [-0.3, -0.25) is 9.78 Å². The summed E-state index contributed by atoms with van der Waals surface area (Å²) in [4.78, 5) is 19.4. The zero-order chi connectivity index (χ0) is 13.5. The molecule has 1 heterocycles. The minimum absolute atomic E-state index is 0.209. The number of benzene rings is 1. The van der Waals surface area contributed by atoms with Gasteiger partial charge in [0.15, 0.2) is 0 Å². The van der Waals surface area contributed by atoms with Crippen LogP contribution < -0.4 is 5.32 Å². The van der Waals surface area contributed by atoms with Crippen LogP contribution in [0.3, 0.4) is 0 Å². The number of aromatic hydroxyl groups is 1. The SMILES string of the molecule is O=C(NCCCc1ccc(O)cc1)c1cnccn1. The maximum Gasteiger partial charge on any atom is 0.271 e. The molecule has 2 N–H and O–H groups in total. The zero-order valence-corrected chi connectivity index (χ0v) is 10.4. The van der Waals surface area contributed by atoms with E-state index in [-0.39, 0.29) is 11.7 Å². The van der Waals surface area contributed by atoms with Crippen molar-refractivity contribution in [2.75, 3.05) is 6.54 Å². The fraction of sp³-hybridized carbons (Fsp3) is 0.214. The Hall–Kier alpha value is -2.43. The van der Waals surface area contributed by atoms with E-state index in [0.717, 1.165) is 18.4 Å². The second-order valence-electron chi connectivity index (χ2n) is 4.12. The number of hydrogen-bond acceptors (Lipinski definition) is 4. The van der Waals surface area contributed by atoms with Gasteiger partial charge in [0.05, 0.1) is 6.20 Å². The van der Waals surface area contributed by atoms with Gasteiger partial charge in [0.2, 0.25) is 0 Å². The van der Waals surface area contributed by atoms with Crippen LogP contribution in [0.4, 0.5) is 0 Å². The molecule has 0 saturated carbocycles. The molecule has 0 bridgehead atoms. The van der Waals surface area contributed by atoms with E-state index >= 15 is 0 Å². The first-order chi connectivity index (χ1) is 9.25. The van der Waals surface area contributed by atoms with Crippen LogP contribution >= 0.6 is 0 Å². The van der Waals surface area contributed by atoms with Gasteiger partial charge in [-0.2, -0.15) is 0 Å².